The van der Waals surface area contributed by atoms with Crippen LogP contribution in [-0.2, 0) is 4.74 Å². The molecule has 2 unspecified atom stereocenters. The number of hydrogen-bond donors (Lipinski definition) is 1. The summed E-state index contributed by atoms with van der Waals surface area (Å²) in [5.74, 6) is 1.12. The van der Waals surface area contributed by atoms with E-state index >= 15 is 0 Å². The number of nitrogens with zero attached hydrogens (tertiary/aromatic N) is 2. The van der Waals surface area contributed by atoms with Crippen LogP contribution < -0.4 is 5.32 Å². The van der Waals surface area contributed by atoms with Gasteiger partial charge in [0.05, 0.1) is 11.7 Å². The van der Waals surface area contributed by atoms with Crippen LogP contribution in [0.5, 0.6) is 0 Å². The van der Waals surface area contributed by atoms with Gasteiger partial charge in [-0.25, -0.2) is 4.98 Å². The number of carbonyl (C=O) groups is 1. The van der Waals surface area contributed by atoms with Gasteiger partial charge in [0.15, 0.2) is 0 Å². The Balaban J connectivity index is 2.21. The first-order valence-corrected chi connectivity index (χ1v) is 8.07. The van der Waals surface area contributed by atoms with Crippen molar-refractivity contribution < 1.29 is 9.53 Å². The van der Waals surface area contributed by atoms with Crippen molar-refractivity contribution in [2.75, 3.05) is 32.1 Å². The summed E-state index contributed by atoms with van der Waals surface area (Å²) in [4.78, 5) is 18.9. The summed E-state index contributed by atoms with van der Waals surface area (Å²) in [5, 5.41) is 3.15. The second-order valence-electron chi connectivity index (χ2n) is 5.37. The molecule has 2 atom stereocenters. The number of methoxy groups -OCH3 is 1. The molecule has 0 saturated carbocycles. The fraction of sp³-hybridized carbons (Fsp3) is 0.600. The van der Waals surface area contributed by atoms with Gasteiger partial charge in [0, 0.05) is 37.4 Å². The number of ether oxygens (including phenoxy) is 1. The van der Waals surface area contributed by atoms with E-state index in [0.717, 1.165) is 24.0 Å². The van der Waals surface area contributed by atoms with Crippen LogP contribution in [-0.4, -0.2) is 48.6 Å². The van der Waals surface area contributed by atoms with Crippen LogP contribution in [0.15, 0.2) is 16.7 Å². The zero-order valence-electron chi connectivity index (χ0n) is 12.7. The second kappa shape index (κ2) is 7.22. The number of anilines is 1. The number of aromatic nitrogens is 1. The predicted octanol–water partition coefficient (Wildman–Crippen LogP) is 2.77. The van der Waals surface area contributed by atoms with Gasteiger partial charge in [0.25, 0.3) is 5.91 Å². The first-order valence-electron chi connectivity index (χ1n) is 7.28. The molecule has 1 aromatic heterocycles. The number of rotatable bonds is 4. The fourth-order valence-corrected chi connectivity index (χ4v) is 2.94. The van der Waals surface area contributed by atoms with Crippen molar-refractivity contribution in [1.29, 1.82) is 0 Å². The molecule has 1 aliphatic heterocycles. The van der Waals surface area contributed by atoms with E-state index in [1.807, 2.05) is 17.9 Å². The van der Waals surface area contributed by atoms with E-state index in [1.165, 1.54) is 0 Å². The first-order chi connectivity index (χ1) is 10.1. The van der Waals surface area contributed by atoms with E-state index in [1.54, 1.807) is 13.3 Å². The molecule has 1 saturated heterocycles. The first kappa shape index (κ1) is 16.2. The molecule has 116 valence electrons. The monoisotopic (exact) mass is 355 g/mol. The van der Waals surface area contributed by atoms with Crippen LogP contribution in [0.2, 0.25) is 0 Å². The Labute approximate surface area is 134 Å². The van der Waals surface area contributed by atoms with E-state index in [-0.39, 0.29) is 12.0 Å². The highest BCUT2D eigenvalue weighted by atomic mass is 79.9. The van der Waals surface area contributed by atoms with E-state index in [2.05, 4.69) is 33.2 Å². The van der Waals surface area contributed by atoms with Gasteiger partial charge >= 0.3 is 0 Å². The van der Waals surface area contributed by atoms with Gasteiger partial charge in [-0.1, -0.05) is 6.92 Å². The molecular weight excluding hydrogens is 334 g/mol. The molecule has 0 spiro atoms. The Bertz CT molecular complexity index is 510. The third kappa shape index (κ3) is 3.74. The van der Waals surface area contributed by atoms with E-state index in [4.69, 9.17) is 4.74 Å². The molecule has 1 fully saturated rings. The summed E-state index contributed by atoms with van der Waals surface area (Å²) in [6.07, 6.45) is 2.76. The highest BCUT2D eigenvalue weighted by molar-refractivity contribution is 9.10. The number of hydrogen-bond acceptors (Lipinski definition) is 4. The number of pyridine rings is 1. The Morgan fingerprint density at radius 3 is 3.05 bits per heavy atom. The van der Waals surface area contributed by atoms with Gasteiger partial charge in [0.2, 0.25) is 0 Å². The Morgan fingerprint density at radius 2 is 2.38 bits per heavy atom. The third-order valence-electron chi connectivity index (χ3n) is 3.91. The number of piperidine rings is 1. The zero-order chi connectivity index (χ0) is 15.4. The topological polar surface area (TPSA) is 54.5 Å². The quantitative estimate of drug-likeness (QED) is 0.902. The summed E-state index contributed by atoms with van der Waals surface area (Å²) < 4.78 is 6.29. The van der Waals surface area contributed by atoms with Crippen molar-refractivity contribution >= 4 is 27.7 Å². The predicted molar refractivity (Wildman–Crippen MR) is 86.6 cm³/mol. The van der Waals surface area contributed by atoms with Crippen molar-refractivity contribution in [2.45, 2.75) is 26.4 Å². The van der Waals surface area contributed by atoms with Crippen molar-refractivity contribution in [3.8, 4) is 0 Å². The molecule has 5 nitrogen and oxygen atoms in total. The van der Waals surface area contributed by atoms with E-state index in [0.29, 0.717) is 23.8 Å². The smallest absolute Gasteiger partial charge is 0.257 e. The highest BCUT2D eigenvalue weighted by Gasteiger charge is 2.30. The summed E-state index contributed by atoms with van der Waals surface area (Å²) in [6, 6.07) is 1.83. The lowest BCUT2D eigenvalue weighted by Gasteiger charge is -2.36. The molecule has 2 rings (SSSR count). The average molecular weight is 356 g/mol. The Morgan fingerprint density at radius 1 is 1.62 bits per heavy atom. The summed E-state index contributed by atoms with van der Waals surface area (Å²) in [6.45, 7) is 6.28. The van der Waals surface area contributed by atoms with Gasteiger partial charge in [-0.2, -0.15) is 0 Å². The molecule has 0 aromatic carbocycles. The van der Waals surface area contributed by atoms with E-state index < -0.39 is 0 Å². The van der Waals surface area contributed by atoms with Crippen LogP contribution >= 0.6 is 15.9 Å². The van der Waals surface area contributed by atoms with Crippen LogP contribution in [0.1, 0.15) is 30.6 Å². The standard InChI is InChI=1S/C15H22BrN3O2/c1-4-17-14-12(7-11(16)8-18-14)15(20)19-6-5-10(2)13(9-19)21-3/h7-8,10,13H,4-6,9H2,1-3H3,(H,17,18). The van der Waals surface area contributed by atoms with Gasteiger partial charge in [-0.3, -0.25) is 4.79 Å². The lowest BCUT2D eigenvalue weighted by molar-refractivity contribution is -0.00154. The molecule has 6 heteroatoms. The number of amides is 1. The lowest BCUT2D eigenvalue weighted by atomic mass is 9.95. The normalized spacial score (nSPS) is 22.2. The maximum atomic E-state index is 12.8. The minimum absolute atomic E-state index is 0.00806. The number of carbonyl (C=O) groups excluding carboxylic acids is 1. The molecule has 21 heavy (non-hydrogen) atoms. The van der Waals surface area contributed by atoms with Crippen LogP contribution in [0, 0.1) is 5.92 Å². The van der Waals surface area contributed by atoms with Crippen molar-refractivity contribution in [3.63, 3.8) is 0 Å². The summed E-state index contributed by atoms with van der Waals surface area (Å²) in [5.41, 5.74) is 0.607. The SMILES string of the molecule is CCNc1ncc(Br)cc1C(=O)N1CCC(C)C(OC)C1. The minimum atomic E-state index is 0.00806. The van der Waals surface area contributed by atoms with Gasteiger partial charge in [-0.15, -0.1) is 0 Å². The second-order valence-corrected chi connectivity index (χ2v) is 6.29. The molecule has 0 aliphatic carbocycles. The largest absolute Gasteiger partial charge is 0.379 e. The fourth-order valence-electron chi connectivity index (χ4n) is 2.61. The van der Waals surface area contributed by atoms with Crippen molar-refractivity contribution in [3.05, 3.63) is 22.3 Å². The average Bonchev–Trinajstić information content (AvgIpc) is 2.49. The molecule has 0 radical (unpaired) electrons. The Kier molecular flexibility index (Phi) is 5.58. The number of halogens is 1. The lowest BCUT2D eigenvalue weighted by Crippen LogP contribution is -2.46. The highest BCUT2D eigenvalue weighted by Crippen LogP contribution is 2.24. The summed E-state index contributed by atoms with van der Waals surface area (Å²) in [7, 11) is 1.71. The summed E-state index contributed by atoms with van der Waals surface area (Å²) >= 11 is 3.39. The third-order valence-corrected chi connectivity index (χ3v) is 4.34. The molecule has 2 heterocycles. The number of nitrogens with one attached hydrogen (secondary N) is 1. The molecule has 1 amide bonds. The molecular formula is C15H22BrN3O2. The van der Waals surface area contributed by atoms with Crippen LogP contribution in [0.25, 0.3) is 0 Å². The maximum Gasteiger partial charge on any atom is 0.257 e. The van der Waals surface area contributed by atoms with Crippen molar-refractivity contribution in [2.24, 2.45) is 5.92 Å². The molecule has 1 N–H and O–H groups in total. The minimum Gasteiger partial charge on any atom is -0.379 e. The maximum absolute atomic E-state index is 12.8. The van der Waals surface area contributed by atoms with Crippen molar-refractivity contribution in [1.82, 2.24) is 9.88 Å². The van der Waals surface area contributed by atoms with Crippen LogP contribution in [0.3, 0.4) is 0 Å². The van der Waals surface area contributed by atoms with E-state index in [9.17, 15) is 4.79 Å². The van der Waals surface area contributed by atoms with Gasteiger partial charge in [-0.05, 0) is 41.3 Å². The zero-order valence-corrected chi connectivity index (χ0v) is 14.3. The van der Waals surface area contributed by atoms with Gasteiger partial charge in [0.1, 0.15) is 5.82 Å². The number of likely N-dealkylation sites (tertiary alicyclic amines) is 1. The Hall–Kier alpha value is -1.14. The molecule has 0 bridgehead atoms. The molecule has 1 aromatic rings. The van der Waals surface area contributed by atoms with Gasteiger partial charge < -0.3 is 15.0 Å². The van der Waals surface area contributed by atoms with Crippen LogP contribution in [0.4, 0.5) is 5.82 Å². The molecule has 1 aliphatic rings.